The number of nitrogens with two attached hydrogens (primary N) is 1. The fourth-order valence-corrected chi connectivity index (χ4v) is 3.65. The van der Waals surface area contributed by atoms with E-state index in [-0.39, 0.29) is 42.7 Å². The highest BCUT2D eigenvalue weighted by molar-refractivity contribution is 5.85. The zero-order valence-corrected chi connectivity index (χ0v) is 17.7. The van der Waals surface area contributed by atoms with E-state index >= 15 is 0 Å². The number of hydrogen-bond acceptors (Lipinski definition) is 4. The summed E-state index contributed by atoms with van der Waals surface area (Å²) in [6.45, 7) is 7.68. The first-order valence-electron chi connectivity index (χ1n) is 9.64. The number of nitrogens with zero attached hydrogens (tertiary/aromatic N) is 3. The van der Waals surface area contributed by atoms with Gasteiger partial charge in [-0.15, -0.1) is 24.8 Å². The van der Waals surface area contributed by atoms with Crippen LogP contribution in [0.5, 0.6) is 0 Å². The lowest BCUT2D eigenvalue weighted by molar-refractivity contribution is -0.138. The van der Waals surface area contributed by atoms with Gasteiger partial charge in [-0.3, -0.25) is 14.5 Å². The lowest BCUT2D eigenvalue weighted by Crippen LogP contribution is -2.55. The first kappa shape index (κ1) is 25.4. The molecule has 2 heterocycles. The zero-order valence-electron chi connectivity index (χ0n) is 16.0. The van der Waals surface area contributed by atoms with Crippen molar-refractivity contribution in [2.45, 2.75) is 57.9 Å². The first-order chi connectivity index (χ1) is 11.6. The second kappa shape index (κ2) is 13.6. The van der Waals surface area contributed by atoms with Gasteiger partial charge >= 0.3 is 0 Å². The topological polar surface area (TPSA) is 69.9 Å². The Morgan fingerprint density at radius 3 is 2.00 bits per heavy atom. The number of rotatable bonds is 8. The van der Waals surface area contributed by atoms with Crippen molar-refractivity contribution < 1.29 is 9.59 Å². The Morgan fingerprint density at radius 2 is 1.42 bits per heavy atom. The van der Waals surface area contributed by atoms with Crippen LogP contribution in [-0.4, -0.2) is 78.4 Å². The van der Waals surface area contributed by atoms with E-state index in [2.05, 4.69) is 4.90 Å². The molecule has 0 aromatic heterocycles. The molecule has 0 aromatic rings. The fraction of sp³-hybridized carbons (Fsp3) is 0.889. The second-order valence-corrected chi connectivity index (χ2v) is 7.08. The lowest BCUT2D eigenvalue weighted by Gasteiger charge is -2.38. The van der Waals surface area contributed by atoms with E-state index in [1.165, 1.54) is 0 Å². The summed E-state index contributed by atoms with van der Waals surface area (Å²) in [4.78, 5) is 30.9. The molecule has 0 aromatic carbocycles. The lowest BCUT2D eigenvalue weighted by atomic mass is 10.1. The zero-order chi connectivity index (χ0) is 17.4. The number of likely N-dealkylation sites (tertiary alicyclic amines) is 1. The van der Waals surface area contributed by atoms with Crippen LogP contribution in [0.25, 0.3) is 0 Å². The van der Waals surface area contributed by atoms with Gasteiger partial charge in [-0.1, -0.05) is 12.8 Å². The van der Waals surface area contributed by atoms with Crippen LogP contribution in [0.1, 0.15) is 51.9 Å². The van der Waals surface area contributed by atoms with Crippen LogP contribution in [-0.2, 0) is 9.59 Å². The van der Waals surface area contributed by atoms with Gasteiger partial charge in [0.05, 0.1) is 6.04 Å². The molecular formula is C18H36Cl2N4O2. The van der Waals surface area contributed by atoms with Crippen molar-refractivity contribution >= 4 is 36.6 Å². The van der Waals surface area contributed by atoms with E-state index in [1.54, 1.807) is 0 Å². The molecule has 154 valence electrons. The summed E-state index contributed by atoms with van der Waals surface area (Å²) in [7, 11) is 0. The average Bonchev–Trinajstić information content (AvgIpc) is 3.15. The fourth-order valence-electron chi connectivity index (χ4n) is 3.65. The minimum absolute atomic E-state index is 0. The standard InChI is InChI=1S/C18H34N4O2.2ClH/c1-16(18(24)22-10-6-7-11-22)20-12-14-21(15-13-20)17(23)8-4-2-3-5-9-19;;/h16H,2-15,19H2,1H3;2*1H. The molecule has 2 saturated heterocycles. The Morgan fingerprint density at radius 1 is 0.846 bits per heavy atom. The highest BCUT2D eigenvalue weighted by Crippen LogP contribution is 2.14. The summed E-state index contributed by atoms with van der Waals surface area (Å²) >= 11 is 0. The molecule has 0 spiro atoms. The Labute approximate surface area is 170 Å². The number of amides is 2. The molecule has 6 nitrogen and oxygen atoms in total. The van der Waals surface area contributed by atoms with Gasteiger partial charge in [0.25, 0.3) is 0 Å². The summed E-state index contributed by atoms with van der Waals surface area (Å²) in [5.41, 5.74) is 5.48. The summed E-state index contributed by atoms with van der Waals surface area (Å²) in [5, 5.41) is 0. The molecule has 2 amide bonds. The van der Waals surface area contributed by atoms with E-state index in [0.29, 0.717) is 6.42 Å². The summed E-state index contributed by atoms with van der Waals surface area (Å²) < 4.78 is 0. The Hall–Kier alpha value is -0.560. The minimum Gasteiger partial charge on any atom is -0.341 e. The van der Waals surface area contributed by atoms with E-state index < -0.39 is 0 Å². The van der Waals surface area contributed by atoms with Gasteiger partial charge in [-0.2, -0.15) is 0 Å². The van der Waals surface area contributed by atoms with Crippen LogP contribution in [0.3, 0.4) is 0 Å². The Balaban J connectivity index is 0.00000312. The number of carbonyl (C=O) groups excluding carboxylic acids is 2. The van der Waals surface area contributed by atoms with Crippen molar-refractivity contribution in [2.24, 2.45) is 5.73 Å². The third-order valence-corrected chi connectivity index (χ3v) is 5.33. The molecule has 0 aliphatic carbocycles. The van der Waals surface area contributed by atoms with Crippen LogP contribution in [0, 0.1) is 0 Å². The van der Waals surface area contributed by atoms with Crippen LogP contribution in [0.4, 0.5) is 0 Å². The van der Waals surface area contributed by atoms with Crippen LogP contribution in [0.15, 0.2) is 0 Å². The number of carbonyl (C=O) groups is 2. The van der Waals surface area contributed by atoms with Crippen molar-refractivity contribution in [3.05, 3.63) is 0 Å². The normalized spacial score (nSPS) is 18.8. The van der Waals surface area contributed by atoms with E-state index in [0.717, 1.165) is 84.3 Å². The van der Waals surface area contributed by atoms with Gasteiger partial charge in [0, 0.05) is 45.7 Å². The molecule has 2 N–H and O–H groups in total. The summed E-state index contributed by atoms with van der Waals surface area (Å²) in [5.74, 6) is 0.521. The largest absolute Gasteiger partial charge is 0.341 e. The van der Waals surface area contributed by atoms with Gasteiger partial charge < -0.3 is 15.5 Å². The molecule has 2 rings (SSSR count). The molecule has 2 aliphatic rings. The maximum atomic E-state index is 12.5. The van der Waals surface area contributed by atoms with Gasteiger partial charge in [-0.05, 0) is 39.2 Å². The molecule has 2 fully saturated rings. The quantitative estimate of drug-likeness (QED) is 0.620. The maximum Gasteiger partial charge on any atom is 0.239 e. The predicted octanol–water partition coefficient (Wildman–Crippen LogP) is 1.89. The van der Waals surface area contributed by atoms with Gasteiger partial charge in [0.2, 0.25) is 11.8 Å². The number of hydrogen-bond donors (Lipinski definition) is 1. The monoisotopic (exact) mass is 410 g/mol. The number of piperazine rings is 1. The first-order valence-corrected chi connectivity index (χ1v) is 9.64. The van der Waals surface area contributed by atoms with Gasteiger partial charge in [-0.25, -0.2) is 0 Å². The number of unbranched alkanes of at least 4 members (excludes halogenated alkanes) is 3. The van der Waals surface area contributed by atoms with E-state index in [1.807, 2.05) is 16.7 Å². The SMILES string of the molecule is CC(C(=O)N1CCCC1)N1CCN(C(=O)CCCCCCN)CC1.Cl.Cl. The van der Waals surface area contributed by atoms with Crippen LogP contribution < -0.4 is 5.73 Å². The molecule has 8 heteroatoms. The maximum absolute atomic E-state index is 12.5. The molecular weight excluding hydrogens is 375 g/mol. The average molecular weight is 411 g/mol. The smallest absolute Gasteiger partial charge is 0.239 e. The second-order valence-electron chi connectivity index (χ2n) is 7.08. The van der Waals surface area contributed by atoms with E-state index in [9.17, 15) is 9.59 Å². The highest BCUT2D eigenvalue weighted by atomic mass is 35.5. The van der Waals surface area contributed by atoms with Crippen molar-refractivity contribution in [3.8, 4) is 0 Å². The Kier molecular flexibility index (Phi) is 13.3. The highest BCUT2D eigenvalue weighted by Gasteiger charge is 2.30. The summed E-state index contributed by atoms with van der Waals surface area (Å²) in [6.07, 6.45) is 7.13. The van der Waals surface area contributed by atoms with Crippen molar-refractivity contribution in [1.29, 1.82) is 0 Å². The molecule has 1 unspecified atom stereocenters. The number of halogens is 2. The van der Waals surface area contributed by atoms with Gasteiger partial charge in [0.1, 0.15) is 0 Å². The summed E-state index contributed by atoms with van der Waals surface area (Å²) in [6, 6.07) is -0.0587. The third kappa shape index (κ3) is 7.59. The molecule has 0 bridgehead atoms. The Bertz CT molecular complexity index is 412. The van der Waals surface area contributed by atoms with Crippen molar-refractivity contribution in [3.63, 3.8) is 0 Å². The van der Waals surface area contributed by atoms with Crippen molar-refractivity contribution in [1.82, 2.24) is 14.7 Å². The molecule has 1 atom stereocenters. The molecule has 0 saturated carbocycles. The predicted molar refractivity (Wildman–Crippen MR) is 110 cm³/mol. The molecule has 2 aliphatic heterocycles. The van der Waals surface area contributed by atoms with Crippen LogP contribution >= 0.6 is 24.8 Å². The van der Waals surface area contributed by atoms with E-state index in [4.69, 9.17) is 5.73 Å². The van der Waals surface area contributed by atoms with Crippen LogP contribution in [0.2, 0.25) is 0 Å². The van der Waals surface area contributed by atoms with Crippen molar-refractivity contribution in [2.75, 3.05) is 45.8 Å². The molecule has 0 radical (unpaired) electrons. The minimum atomic E-state index is -0.0587. The molecule has 26 heavy (non-hydrogen) atoms. The third-order valence-electron chi connectivity index (χ3n) is 5.33. The van der Waals surface area contributed by atoms with Gasteiger partial charge in [0.15, 0.2) is 0 Å².